The second-order valence-electron chi connectivity index (χ2n) is 8.14. The average Bonchev–Trinajstić information content (AvgIpc) is 3.58. The van der Waals surface area contributed by atoms with E-state index in [0.717, 1.165) is 24.0 Å². The van der Waals surface area contributed by atoms with Gasteiger partial charge in [0.15, 0.2) is 0 Å². The van der Waals surface area contributed by atoms with E-state index in [1.807, 2.05) is 23.1 Å². The number of amides is 1. The number of carbonyl (C=O) groups is 1. The molecule has 0 spiro atoms. The van der Waals surface area contributed by atoms with Crippen LogP contribution in [-0.2, 0) is 15.0 Å². The van der Waals surface area contributed by atoms with Crippen molar-refractivity contribution in [2.24, 2.45) is 0 Å². The second-order valence-corrected chi connectivity index (χ2v) is 8.48. The molecule has 2 unspecified atom stereocenters. The highest BCUT2D eigenvalue weighted by Crippen LogP contribution is 2.47. The predicted molar refractivity (Wildman–Crippen MR) is 126 cm³/mol. The molecule has 1 saturated carbocycles. The molecule has 1 aliphatic heterocycles. The molecular formula is C24H28ClN5O3. The summed E-state index contributed by atoms with van der Waals surface area (Å²) in [6.07, 6.45) is 7.28. The van der Waals surface area contributed by atoms with Crippen LogP contribution in [0.25, 0.3) is 0 Å². The maximum atomic E-state index is 12.6. The van der Waals surface area contributed by atoms with E-state index in [1.54, 1.807) is 13.2 Å². The molecule has 174 valence electrons. The van der Waals surface area contributed by atoms with Crippen LogP contribution in [0.3, 0.4) is 0 Å². The number of benzene rings is 1. The topological polar surface area (TPSA) is 88.6 Å². The summed E-state index contributed by atoms with van der Waals surface area (Å²) in [5.74, 6) is 3.06. The molecule has 1 aromatic heterocycles. The van der Waals surface area contributed by atoms with E-state index in [4.69, 9.17) is 27.5 Å². The van der Waals surface area contributed by atoms with Crippen LogP contribution < -0.4 is 15.5 Å². The Balaban J connectivity index is 1.29. The summed E-state index contributed by atoms with van der Waals surface area (Å²) in [6, 6.07) is 9.65. The monoisotopic (exact) mass is 469 g/mol. The molecule has 2 aromatic rings. The number of carbonyl (C=O) groups excluding carboxylic acids is 1. The SMILES string of the molecule is C#Cc1cccc(C2(NCCCNC(=O)c3cc(N4CCOCC4)nc(Cl)n3)CC2OC)c1. The number of methoxy groups -OCH3 is 1. The van der Waals surface area contributed by atoms with Crippen molar-refractivity contribution in [3.63, 3.8) is 0 Å². The number of halogens is 1. The molecule has 1 amide bonds. The number of nitrogens with zero attached hydrogens (tertiary/aromatic N) is 3. The van der Waals surface area contributed by atoms with Crippen molar-refractivity contribution in [1.29, 1.82) is 0 Å². The zero-order chi connectivity index (χ0) is 23.3. The molecule has 2 aliphatic rings. The number of terminal acetylenes is 1. The fraction of sp³-hybridized carbons (Fsp3) is 0.458. The summed E-state index contributed by atoms with van der Waals surface area (Å²) >= 11 is 6.07. The fourth-order valence-electron chi connectivity index (χ4n) is 4.17. The lowest BCUT2D eigenvalue weighted by Crippen LogP contribution is -2.37. The molecule has 2 N–H and O–H groups in total. The minimum atomic E-state index is -0.272. The quantitative estimate of drug-likeness (QED) is 0.330. The second kappa shape index (κ2) is 10.5. The maximum absolute atomic E-state index is 12.6. The summed E-state index contributed by atoms with van der Waals surface area (Å²) in [4.78, 5) is 23.0. The Morgan fingerprint density at radius 3 is 2.88 bits per heavy atom. The van der Waals surface area contributed by atoms with Gasteiger partial charge in [0.25, 0.3) is 5.91 Å². The van der Waals surface area contributed by atoms with Gasteiger partial charge in [-0.15, -0.1) is 6.42 Å². The van der Waals surface area contributed by atoms with Crippen molar-refractivity contribution >= 4 is 23.3 Å². The summed E-state index contributed by atoms with van der Waals surface area (Å²) in [5.41, 5.74) is 2.00. The van der Waals surface area contributed by atoms with Crippen molar-refractivity contribution in [1.82, 2.24) is 20.6 Å². The molecular weight excluding hydrogens is 442 g/mol. The smallest absolute Gasteiger partial charge is 0.270 e. The van der Waals surface area contributed by atoms with E-state index in [0.29, 0.717) is 45.2 Å². The van der Waals surface area contributed by atoms with Crippen molar-refractivity contribution in [3.05, 3.63) is 52.4 Å². The number of nitrogens with one attached hydrogen (secondary N) is 2. The predicted octanol–water partition coefficient (Wildman–Crippen LogP) is 1.97. The van der Waals surface area contributed by atoms with Gasteiger partial charge in [0.05, 0.1) is 24.9 Å². The molecule has 2 fully saturated rings. The van der Waals surface area contributed by atoms with E-state index in [-0.39, 0.29) is 28.5 Å². The number of hydrogen-bond donors (Lipinski definition) is 2. The Kier molecular flexibility index (Phi) is 7.46. The Hall–Kier alpha value is -2.70. The molecule has 2 atom stereocenters. The van der Waals surface area contributed by atoms with Gasteiger partial charge in [0, 0.05) is 44.8 Å². The van der Waals surface area contributed by atoms with Crippen LogP contribution in [0, 0.1) is 12.3 Å². The number of ether oxygens (including phenoxy) is 2. The van der Waals surface area contributed by atoms with Gasteiger partial charge in [0.2, 0.25) is 5.28 Å². The first-order valence-electron chi connectivity index (χ1n) is 11.1. The first-order valence-corrected chi connectivity index (χ1v) is 11.4. The molecule has 1 aromatic carbocycles. The van der Waals surface area contributed by atoms with E-state index in [1.165, 1.54) is 0 Å². The third-order valence-electron chi connectivity index (χ3n) is 6.06. The highest BCUT2D eigenvalue weighted by Gasteiger charge is 2.55. The lowest BCUT2D eigenvalue weighted by atomic mass is 10.0. The fourth-order valence-corrected chi connectivity index (χ4v) is 4.34. The molecule has 0 bridgehead atoms. The third-order valence-corrected chi connectivity index (χ3v) is 6.23. The van der Waals surface area contributed by atoms with Crippen LogP contribution in [0.5, 0.6) is 0 Å². The molecule has 9 heteroatoms. The summed E-state index contributed by atoms with van der Waals surface area (Å²) in [7, 11) is 1.72. The Morgan fingerprint density at radius 1 is 1.33 bits per heavy atom. The normalized spacial score (nSPS) is 22.0. The van der Waals surface area contributed by atoms with Crippen LogP contribution in [0.15, 0.2) is 30.3 Å². The summed E-state index contributed by atoms with van der Waals surface area (Å²) in [6.45, 7) is 3.86. The lowest BCUT2D eigenvalue weighted by molar-refractivity contribution is 0.0947. The molecule has 0 radical (unpaired) electrons. The van der Waals surface area contributed by atoms with Crippen LogP contribution in [0.4, 0.5) is 5.82 Å². The van der Waals surface area contributed by atoms with Gasteiger partial charge < -0.3 is 25.0 Å². The van der Waals surface area contributed by atoms with Gasteiger partial charge >= 0.3 is 0 Å². The number of rotatable bonds is 9. The maximum Gasteiger partial charge on any atom is 0.270 e. The molecule has 1 saturated heterocycles. The molecule has 8 nitrogen and oxygen atoms in total. The van der Waals surface area contributed by atoms with Crippen molar-refractivity contribution in [3.8, 4) is 12.3 Å². The van der Waals surface area contributed by atoms with Crippen molar-refractivity contribution < 1.29 is 14.3 Å². The molecule has 4 rings (SSSR count). The highest BCUT2D eigenvalue weighted by molar-refractivity contribution is 6.28. The Bertz CT molecular complexity index is 1040. The third kappa shape index (κ3) is 5.45. The summed E-state index contributed by atoms with van der Waals surface area (Å²) < 4.78 is 11.0. The van der Waals surface area contributed by atoms with Crippen LogP contribution in [-0.4, -0.2) is 68.5 Å². The molecule has 2 heterocycles. The van der Waals surface area contributed by atoms with Gasteiger partial charge in [-0.05, 0) is 42.3 Å². The largest absolute Gasteiger partial charge is 0.379 e. The van der Waals surface area contributed by atoms with E-state index >= 15 is 0 Å². The molecule has 1 aliphatic carbocycles. The first kappa shape index (κ1) is 23.5. The van der Waals surface area contributed by atoms with Gasteiger partial charge in [-0.3, -0.25) is 4.79 Å². The molecule has 33 heavy (non-hydrogen) atoms. The Labute approximate surface area is 199 Å². The Morgan fingerprint density at radius 2 is 2.15 bits per heavy atom. The standard InChI is InChI=1S/C24H28ClN5O3/c1-3-17-6-4-7-18(14-17)24(16-20(24)32-2)27-9-5-8-26-22(31)19-15-21(29-23(25)28-19)30-10-12-33-13-11-30/h1,4,6-7,14-15,20,27H,5,8-13,16H2,2H3,(H,26,31). The first-order chi connectivity index (χ1) is 16.1. The van der Waals surface area contributed by atoms with Crippen molar-refractivity contribution in [2.45, 2.75) is 24.5 Å². The van der Waals surface area contributed by atoms with Gasteiger partial charge in [-0.1, -0.05) is 18.1 Å². The number of aromatic nitrogens is 2. The number of morpholine rings is 1. The average molecular weight is 470 g/mol. The van der Waals surface area contributed by atoms with Crippen LogP contribution in [0.2, 0.25) is 5.28 Å². The minimum Gasteiger partial charge on any atom is -0.379 e. The van der Waals surface area contributed by atoms with Crippen LogP contribution in [0.1, 0.15) is 34.5 Å². The van der Waals surface area contributed by atoms with Crippen LogP contribution >= 0.6 is 11.6 Å². The minimum absolute atomic E-state index is 0.0568. The van der Waals surface area contributed by atoms with E-state index < -0.39 is 0 Å². The van der Waals surface area contributed by atoms with Gasteiger partial charge in [0.1, 0.15) is 11.5 Å². The zero-order valence-electron chi connectivity index (χ0n) is 18.6. The van der Waals surface area contributed by atoms with Gasteiger partial charge in [-0.2, -0.15) is 0 Å². The lowest BCUT2D eigenvalue weighted by Gasteiger charge is -2.27. The number of hydrogen-bond acceptors (Lipinski definition) is 7. The van der Waals surface area contributed by atoms with Gasteiger partial charge in [-0.25, -0.2) is 9.97 Å². The highest BCUT2D eigenvalue weighted by atomic mass is 35.5. The summed E-state index contributed by atoms with van der Waals surface area (Å²) in [5, 5.41) is 6.58. The number of anilines is 1. The van der Waals surface area contributed by atoms with Crippen molar-refractivity contribution in [2.75, 3.05) is 51.4 Å². The van der Waals surface area contributed by atoms with E-state index in [9.17, 15) is 4.79 Å². The zero-order valence-corrected chi connectivity index (χ0v) is 19.4. The van der Waals surface area contributed by atoms with E-state index in [2.05, 4.69) is 32.6 Å².